The molecule has 0 aromatic carbocycles. The van der Waals surface area contributed by atoms with Crippen molar-refractivity contribution < 1.29 is 33.0 Å². The third-order valence-electron chi connectivity index (χ3n) is 3.60. The molecule has 0 atom stereocenters. The van der Waals surface area contributed by atoms with E-state index in [-0.39, 0.29) is 18.3 Å². The van der Waals surface area contributed by atoms with Gasteiger partial charge >= 0.3 is 159 Å². The van der Waals surface area contributed by atoms with Crippen LogP contribution in [0.3, 0.4) is 0 Å². The molecule has 0 N–H and O–H groups in total. The van der Waals surface area contributed by atoms with Crippen molar-refractivity contribution in [3.05, 3.63) is 0 Å². The van der Waals surface area contributed by atoms with Crippen molar-refractivity contribution >= 4 is 8.32 Å². The molecule has 6 heteroatoms. The molecule has 0 aliphatic carbocycles. The van der Waals surface area contributed by atoms with Crippen LogP contribution >= 0.6 is 0 Å². The Balaban J connectivity index is 5.74. The van der Waals surface area contributed by atoms with Crippen molar-refractivity contribution in [2.45, 2.75) is 118 Å². The molecule has 0 radical (unpaired) electrons. The van der Waals surface area contributed by atoms with Gasteiger partial charge in [-0.2, -0.15) is 0 Å². The fourth-order valence-corrected chi connectivity index (χ4v) is 19.5. The second-order valence-electron chi connectivity index (χ2n) is 7.53. The Kier molecular flexibility index (Phi) is 12.8. The average Bonchev–Trinajstić information content (AvgIpc) is 2.36. The van der Waals surface area contributed by atoms with Gasteiger partial charge in [0, 0.05) is 0 Å². The molecule has 146 valence electrons. The summed E-state index contributed by atoms with van der Waals surface area (Å²) in [7, 11) is -1.91. The van der Waals surface area contributed by atoms with E-state index < -0.39 is 30.3 Å². The van der Waals surface area contributed by atoms with E-state index in [0.29, 0.717) is 0 Å². The molecule has 0 spiro atoms. The van der Waals surface area contributed by atoms with Crippen LogP contribution in [0.1, 0.15) is 81.6 Å². The molecule has 0 aliphatic heterocycles. The molecule has 0 aromatic rings. The van der Waals surface area contributed by atoms with E-state index >= 15 is 0 Å². The Bertz CT molecular complexity index is 281. The Morgan fingerprint density at radius 3 is 1.12 bits per heavy atom. The van der Waals surface area contributed by atoms with Crippen molar-refractivity contribution in [1.29, 1.82) is 0 Å². The van der Waals surface area contributed by atoms with Crippen molar-refractivity contribution in [1.82, 2.24) is 0 Å². The Hall–Kier alpha value is 0.940. The third-order valence-corrected chi connectivity index (χ3v) is 19.2. The van der Waals surface area contributed by atoms with Gasteiger partial charge in [-0.3, -0.25) is 0 Å². The fraction of sp³-hybridized carbons (Fsp3) is 1.00. The van der Waals surface area contributed by atoms with Crippen LogP contribution in [0.25, 0.3) is 0 Å². The van der Waals surface area contributed by atoms with E-state index in [4.69, 9.17) is 10.9 Å². The van der Waals surface area contributed by atoms with E-state index in [0.717, 1.165) is 37.4 Å². The van der Waals surface area contributed by atoms with E-state index in [9.17, 15) is 0 Å². The zero-order valence-corrected chi connectivity index (χ0v) is 21.1. The molecule has 4 nitrogen and oxygen atoms in total. The molecular weight excluding hydrogens is 400 g/mol. The van der Waals surface area contributed by atoms with Crippen LogP contribution in [0.4, 0.5) is 0 Å². The second kappa shape index (κ2) is 12.3. The molecule has 0 unspecified atom stereocenters. The Morgan fingerprint density at radius 1 is 0.625 bits per heavy atom. The molecule has 0 rings (SSSR count). The number of hydrogen-bond acceptors (Lipinski definition) is 4. The van der Waals surface area contributed by atoms with Crippen LogP contribution in [0.15, 0.2) is 0 Å². The van der Waals surface area contributed by atoms with Gasteiger partial charge in [0.05, 0.1) is 0 Å². The molecule has 0 amide bonds. The molecule has 0 saturated heterocycles. The quantitative estimate of drug-likeness (QED) is 0.298. The first-order chi connectivity index (χ1) is 11.1. The summed E-state index contributed by atoms with van der Waals surface area (Å²) < 4.78 is 26.0. The summed E-state index contributed by atoms with van der Waals surface area (Å²) in [4.78, 5) is 0. The molecule has 0 aromatic heterocycles. The van der Waals surface area contributed by atoms with Gasteiger partial charge in [0.25, 0.3) is 0 Å². The molecular formula is C18H42O4SiZr. The zero-order valence-electron chi connectivity index (χ0n) is 17.6. The summed E-state index contributed by atoms with van der Waals surface area (Å²) >= 11 is -4.08. The van der Waals surface area contributed by atoms with Crippen LogP contribution in [-0.4, -0.2) is 26.6 Å². The van der Waals surface area contributed by atoms with Gasteiger partial charge in [-0.05, 0) is 0 Å². The molecule has 0 saturated carbocycles. The van der Waals surface area contributed by atoms with Gasteiger partial charge in [0.2, 0.25) is 0 Å². The van der Waals surface area contributed by atoms with Crippen LogP contribution in [-0.2, 0) is 33.0 Å². The Morgan fingerprint density at radius 2 is 0.917 bits per heavy atom. The summed E-state index contributed by atoms with van der Waals surface area (Å²) in [5.41, 5.74) is 0. The molecule has 0 bridgehead atoms. The van der Waals surface area contributed by atoms with Gasteiger partial charge in [-0.1, -0.05) is 0 Å². The number of hydrogen-bond donors (Lipinski definition) is 0. The van der Waals surface area contributed by atoms with Crippen molar-refractivity contribution in [3.63, 3.8) is 0 Å². The van der Waals surface area contributed by atoms with Gasteiger partial charge in [0.1, 0.15) is 0 Å². The van der Waals surface area contributed by atoms with Gasteiger partial charge in [-0.25, -0.2) is 0 Å². The van der Waals surface area contributed by atoms with Gasteiger partial charge in [-0.15, -0.1) is 0 Å². The fourth-order valence-electron chi connectivity index (χ4n) is 3.18. The first-order valence-corrected chi connectivity index (χ1v) is 16.4. The molecule has 0 aliphatic rings. The summed E-state index contributed by atoms with van der Waals surface area (Å²) in [5, 5.41) is 0. The van der Waals surface area contributed by atoms with Crippen LogP contribution in [0.2, 0.25) is 18.1 Å². The summed E-state index contributed by atoms with van der Waals surface area (Å²) in [5.74, 6) is 0. The monoisotopic (exact) mass is 440 g/mol. The maximum atomic E-state index is 6.96. The van der Waals surface area contributed by atoms with E-state index in [1.165, 1.54) is 0 Å². The summed E-state index contributed by atoms with van der Waals surface area (Å²) in [6.07, 6.45) is 3.61. The minimum absolute atomic E-state index is 0.0508. The predicted octanol–water partition coefficient (Wildman–Crippen LogP) is 6.27. The molecule has 0 fully saturated rings. The Labute approximate surface area is 159 Å². The topological polar surface area (TPSA) is 36.9 Å². The average molecular weight is 442 g/mol. The van der Waals surface area contributed by atoms with Crippen molar-refractivity contribution in [2.75, 3.05) is 0 Å². The molecule has 0 heterocycles. The van der Waals surface area contributed by atoms with Crippen molar-refractivity contribution in [2.24, 2.45) is 0 Å². The van der Waals surface area contributed by atoms with E-state index in [1.54, 1.807) is 0 Å². The normalized spacial score (nSPS) is 13.5. The van der Waals surface area contributed by atoms with Gasteiger partial charge < -0.3 is 0 Å². The first kappa shape index (κ1) is 24.9. The maximum absolute atomic E-state index is 6.96. The van der Waals surface area contributed by atoms with Crippen LogP contribution < -0.4 is 0 Å². The predicted molar refractivity (Wildman–Crippen MR) is 101 cm³/mol. The third kappa shape index (κ3) is 9.59. The van der Waals surface area contributed by atoms with Gasteiger partial charge in [0.15, 0.2) is 0 Å². The van der Waals surface area contributed by atoms with E-state index in [2.05, 4.69) is 20.8 Å². The second-order valence-corrected chi connectivity index (χ2v) is 17.3. The standard InChI is InChI=1S/C9H21OSi.3C3H7O.Zr/c1-4-7-11(10,8-5-2)9-6-3;3*1-3(2)4;/h4-9H2,1-3H3;3*3H,1-2H3;/q4*-1;+4. The minimum atomic E-state index is -4.08. The van der Waals surface area contributed by atoms with Crippen molar-refractivity contribution in [3.8, 4) is 0 Å². The van der Waals surface area contributed by atoms with Crippen LogP contribution in [0, 0.1) is 0 Å². The summed E-state index contributed by atoms with van der Waals surface area (Å²) in [6.45, 7) is 19.0. The number of rotatable bonds is 14. The van der Waals surface area contributed by atoms with Crippen LogP contribution in [0.5, 0.6) is 0 Å². The zero-order chi connectivity index (χ0) is 18.8. The first-order valence-electron chi connectivity index (χ1n) is 9.87. The van der Waals surface area contributed by atoms with E-state index in [1.807, 2.05) is 41.5 Å². The SMILES string of the molecule is CCC[Si](CCC)(CCC)[O][Zr]([O]C(C)C)([O]C(C)C)[O]C(C)C. The summed E-state index contributed by atoms with van der Waals surface area (Å²) in [6, 6.07) is 3.49. The molecule has 24 heavy (non-hydrogen) atoms.